The van der Waals surface area contributed by atoms with Crippen molar-refractivity contribution < 1.29 is 0 Å². The maximum Gasteiger partial charge on any atom is 0.0717 e. The van der Waals surface area contributed by atoms with E-state index in [1.807, 2.05) is 0 Å². The molecule has 1 unspecified atom stereocenters. The van der Waals surface area contributed by atoms with Crippen molar-refractivity contribution in [3.8, 4) is 0 Å². The third-order valence-electron chi connectivity index (χ3n) is 2.36. The minimum Gasteiger partial charge on any atom is -0.146 e. The fourth-order valence-corrected chi connectivity index (χ4v) is 3.87. The van der Waals surface area contributed by atoms with E-state index in [2.05, 4.69) is 41.2 Å². The van der Waals surface area contributed by atoms with Crippen LogP contribution < -0.4 is 0 Å². The molecule has 0 aliphatic carbocycles. The Balaban J connectivity index is 2.77. The number of hydrogen-bond acceptors (Lipinski definition) is 1. The van der Waals surface area contributed by atoms with Crippen LogP contribution in [-0.2, 0) is 0 Å². The number of hydrogen-bond donors (Lipinski definition) is 0. The summed E-state index contributed by atoms with van der Waals surface area (Å²) in [6.07, 6.45) is 2.30. The Morgan fingerprint density at radius 3 is 2.46 bits per heavy atom. The lowest BCUT2D eigenvalue weighted by Gasteiger charge is -2.18. The van der Waals surface area contributed by atoms with E-state index in [0.29, 0.717) is 5.92 Å². The number of rotatable bonds is 4. The highest BCUT2D eigenvalue weighted by molar-refractivity contribution is 9.10. The zero-order chi connectivity index (χ0) is 9.84. The van der Waals surface area contributed by atoms with Gasteiger partial charge in [0.05, 0.1) is 5.38 Å². The van der Waals surface area contributed by atoms with Gasteiger partial charge in [0.15, 0.2) is 0 Å². The zero-order valence-electron chi connectivity index (χ0n) is 7.89. The molecule has 0 amide bonds. The van der Waals surface area contributed by atoms with Gasteiger partial charge in [-0.25, -0.2) is 0 Å². The molecule has 0 aromatic carbocycles. The molecule has 0 N–H and O–H groups in total. The van der Waals surface area contributed by atoms with Crippen LogP contribution in [0.15, 0.2) is 15.9 Å². The highest BCUT2D eigenvalue weighted by Crippen LogP contribution is 2.40. The molecule has 0 radical (unpaired) electrons. The molecule has 0 fully saturated rings. The summed E-state index contributed by atoms with van der Waals surface area (Å²) in [5.41, 5.74) is 0. The normalized spacial score (nSPS) is 13.6. The molecule has 1 atom stereocenters. The smallest absolute Gasteiger partial charge is 0.0717 e. The van der Waals surface area contributed by atoms with Crippen LogP contribution in [0.2, 0.25) is 0 Å². The van der Waals surface area contributed by atoms with Crippen LogP contribution in [0.3, 0.4) is 0 Å². The van der Waals surface area contributed by atoms with Crippen molar-refractivity contribution in [2.45, 2.75) is 32.1 Å². The van der Waals surface area contributed by atoms with Gasteiger partial charge in [0, 0.05) is 9.35 Å². The van der Waals surface area contributed by atoms with E-state index in [9.17, 15) is 0 Å². The second-order valence-corrected chi connectivity index (χ2v) is 5.38. The van der Waals surface area contributed by atoms with Gasteiger partial charge in [-0.05, 0) is 33.3 Å². The average molecular weight is 282 g/mol. The first-order valence-corrected chi connectivity index (χ1v) is 6.68. The Morgan fingerprint density at radius 2 is 2.08 bits per heavy atom. The molecule has 1 heterocycles. The van der Waals surface area contributed by atoms with Crippen molar-refractivity contribution in [2.24, 2.45) is 5.92 Å². The predicted molar refractivity (Wildman–Crippen MR) is 64.7 cm³/mol. The van der Waals surface area contributed by atoms with Crippen molar-refractivity contribution in [2.75, 3.05) is 0 Å². The van der Waals surface area contributed by atoms with Crippen molar-refractivity contribution in [1.29, 1.82) is 0 Å². The van der Waals surface area contributed by atoms with Gasteiger partial charge >= 0.3 is 0 Å². The molecule has 0 saturated carbocycles. The first-order valence-electron chi connectivity index (χ1n) is 4.57. The monoisotopic (exact) mass is 280 g/mol. The summed E-state index contributed by atoms with van der Waals surface area (Å²) in [5, 5.41) is 2.25. The van der Waals surface area contributed by atoms with Gasteiger partial charge in [0.25, 0.3) is 0 Å². The Bertz CT molecular complexity index is 255. The molecule has 0 saturated heterocycles. The minimum absolute atomic E-state index is 0.171. The summed E-state index contributed by atoms with van der Waals surface area (Å²) >= 11 is 11.7. The van der Waals surface area contributed by atoms with Gasteiger partial charge < -0.3 is 0 Å². The van der Waals surface area contributed by atoms with E-state index in [-0.39, 0.29) is 5.38 Å². The SMILES string of the molecule is CCC(CC)C(Cl)c1sccc1Br. The lowest BCUT2D eigenvalue weighted by molar-refractivity contribution is 0.479. The van der Waals surface area contributed by atoms with E-state index in [4.69, 9.17) is 11.6 Å². The van der Waals surface area contributed by atoms with Crippen molar-refractivity contribution in [3.63, 3.8) is 0 Å². The number of alkyl halides is 1. The number of halogens is 2. The molecule has 0 nitrogen and oxygen atoms in total. The molecular formula is C10H14BrClS. The maximum absolute atomic E-state index is 6.40. The zero-order valence-corrected chi connectivity index (χ0v) is 11.0. The van der Waals surface area contributed by atoms with Gasteiger partial charge in [-0.1, -0.05) is 26.7 Å². The minimum atomic E-state index is 0.171. The van der Waals surface area contributed by atoms with E-state index in [0.717, 1.165) is 17.3 Å². The summed E-state index contributed by atoms with van der Waals surface area (Å²) in [6.45, 7) is 4.40. The Hall–Kier alpha value is 0.470. The standard InChI is InChI=1S/C10H14BrClS/c1-3-7(4-2)9(12)10-8(11)5-6-13-10/h5-7,9H,3-4H2,1-2H3. The van der Waals surface area contributed by atoms with Gasteiger partial charge in [-0.2, -0.15) is 0 Å². The topological polar surface area (TPSA) is 0 Å². The van der Waals surface area contributed by atoms with Crippen LogP contribution >= 0.6 is 38.9 Å². The summed E-state index contributed by atoms with van der Waals surface area (Å²) in [6, 6.07) is 2.07. The quantitative estimate of drug-likeness (QED) is 0.663. The fraction of sp³-hybridized carbons (Fsp3) is 0.600. The van der Waals surface area contributed by atoms with Gasteiger partial charge in [-0.15, -0.1) is 22.9 Å². The maximum atomic E-state index is 6.40. The molecule has 1 aromatic heterocycles. The average Bonchev–Trinajstić information content (AvgIpc) is 2.53. The van der Waals surface area contributed by atoms with Crippen LogP contribution in [-0.4, -0.2) is 0 Å². The van der Waals surface area contributed by atoms with E-state index >= 15 is 0 Å². The molecule has 0 spiro atoms. The highest BCUT2D eigenvalue weighted by Gasteiger charge is 2.20. The third-order valence-corrected chi connectivity index (χ3v) is 5.02. The highest BCUT2D eigenvalue weighted by atomic mass is 79.9. The van der Waals surface area contributed by atoms with Crippen LogP contribution in [0.4, 0.5) is 0 Å². The molecule has 74 valence electrons. The second kappa shape index (κ2) is 5.38. The van der Waals surface area contributed by atoms with Gasteiger partial charge in [-0.3, -0.25) is 0 Å². The lowest BCUT2D eigenvalue weighted by Crippen LogP contribution is -2.04. The summed E-state index contributed by atoms with van der Waals surface area (Å²) in [5.74, 6) is 0.594. The van der Waals surface area contributed by atoms with Gasteiger partial charge in [0.2, 0.25) is 0 Å². The molecule has 0 aliphatic heterocycles. The lowest BCUT2D eigenvalue weighted by atomic mass is 9.98. The van der Waals surface area contributed by atoms with Crippen LogP contribution in [0.1, 0.15) is 36.9 Å². The molecule has 13 heavy (non-hydrogen) atoms. The van der Waals surface area contributed by atoms with E-state index in [1.165, 1.54) is 4.88 Å². The first-order chi connectivity index (χ1) is 6.20. The van der Waals surface area contributed by atoms with Gasteiger partial charge in [0.1, 0.15) is 0 Å². The second-order valence-electron chi connectivity index (χ2n) is 3.11. The van der Waals surface area contributed by atoms with Crippen molar-refractivity contribution >= 4 is 38.9 Å². The van der Waals surface area contributed by atoms with Crippen molar-refractivity contribution in [1.82, 2.24) is 0 Å². The molecule has 1 rings (SSSR count). The van der Waals surface area contributed by atoms with E-state index < -0.39 is 0 Å². The Labute approximate surface area is 97.4 Å². The third kappa shape index (κ3) is 2.71. The molecular weight excluding hydrogens is 268 g/mol. The van der Waals surface area contributed by atoms with E-state index in [1.54, 1.807) is 11.3 Å². The van der Waals surface area contributed by atoms with Crippen molar-refractivity contribution in [3.05, 3.63) is 20.8 Å². The Kier molecular flexibility index (Phi) is 4.77. The molecule has 3 heteroatoms. The van der Waals surface area contributed by atoms with Crippen LogP contribution in [0.25, 0.3) is 0 Å². The predicted octanol–water partition coefficient (Wildman–Crippen LogP) is 5.23. The first kappa shape index (κ1) is 11.5. The van der Waals surface area contributed by atoms with Crippen LogP contribution in [0, 0.1) is 5.92 Å². The molecule has 1 aromatic rings. The molecule has 0 aliphatic rings. The fourth-order valence-electron chi connectivity index (χ4n) is 1.42. The summed E-state index contributed by atoms with van der Waals surface area (Å²) < 4.78 is 1.16. The summed E-state index contributed by atoms with van der Waals surface area (Å²) in [4.78, 5) is 1.27. The Morgan fingerprint density at radius 1 is 1.46 bits per heavy atom. The summed E-state index contributed by atoms with van der Waals surface area (Å²) in [7, 11) is 0. The molecule has 0 bridgehead atoms. The number of thiophene rings is 1. The largest absolute Gasteiger partial charge is 0.146 e. The van der Waals surface area contributed by atoms with Crippen LogP contribution in [0.5, 0.6) is 0 Å².